The van der Waals surface area contributed by atoms with Gasteiger partial charge in [0.15, 0.2) is 0 Å². The van der Waals surface area contributed by atoms with E-state index in [1.165, 1.54) is 5.56 Å². The monoisotopic (exact) mass is 219 g/mol. The van der Waals surface area contributed by atoms with E-state index in [0.29, 0.717) is 0 Å². The molecule has 0 atom stereocenters. The zero-order valence-corrected chi connectivity index (χ0v) is 9.42. The summed E-state index contributed by atoms with van der Waals surface area (Å²) in [5.41, 5.74) is 2.38. The fourth-order valence-corrected chi connectivity index (χ4v) is 2.20. The lowest BCUT2D eigenvalue weighted by atomic mass is 10.2. The molecule has 2 rings (SSSR count). The highest BCUT2D eigenvalue weighted by atomic mass is 32.1. The van der Waals surface area contributed by atoms with Crippen LogP contribution < -0.4 is 5.32 Å². The van der Waals surface area contributed by atoms with E-state index >= 15 is 0 Å². The minimum absolute atomic E-state index is 0.840. The average Bonchev–Trinajstić information content (AvgIpc) is 2.68. The Balaban J connectivity index is 2.05. The number of pyridine rings is 1. The van der Waals surface area contributed by atoms with Crippen LogP contribution in [0.1, 0.15) is 16.3 Å². The van der Waals surface area contributed by atoms with Crippen LogP contribution in [0.2, 0.25) is 0 Å². The first-order chi connectivity index (χ1) is 7.38. The quantitative estimate of drug-likeness (QED) is 0.852. The molecule has 78 valence electrons. The molecule has 0 spiro atoms. The third kappa shape index (κ3) is 2.84. The van der Waals surface area contributed by atoms with Gasteiger partial charge in [-0.3, -0.25) is 4.98 Å². The minimum Gasteiger partial charge on any atom is -0.314 e. The number of hydrogen-bond donors (Lipinski definition) is 1. The van der Waals surface area contributed by atoms with Gasteiger partial charge in [0.25, 0.3) is 0 Å². The number of nitrogens with one attached hydrogen (secondary N) is 1. The van der Waals surface area contributed by atoms with Crippen LogP contribution in [0, 0.1) is 0 Å². The van der Waals surface area contributed by atoms with Gasteiger partial charge in [-0.25, -0.2) is 4.98 Å². The van der Waals surface area contributed by atoms with Crippen LogP contribution in [-0.4, -0.2) is 17.0 Å². The average molecular weight is 219 g/mol. The lowest BCUT2D eigenvalue weighted by Crippen LogP contribution is -2.05. The first-order valence-corrected chi connectivity index (χ1v) is 5.73. The standard InChI is InChI=1S/C11H13N3S/c1-12-7-10-8-15-11(14-10)6-9-2-4-13-5-3-9/h2-5,8,12H,6-7H2,1H3. The fourth-order valence-electron chi connectivity index (χ4n) is 1.37. The zero-order valence-electron chi connectivity index (χ0n) is 8.60. The summed E-state index contributed by atoms with van der Waals surface area (Å²) in [6.45, 7) is 0.840. The summed E-state index contributed by atoms with van der Waals surface area (Å²) in [6.07, 6.45) is 4.53. The molecule has 2 heterocycles. The van der Waals surface area contributed by atoms with Crippen molar-refractivity contribution in [3.8, 4) is 0 Å². The van der Waals surface area contributed by atoms with Gasteiger partial charge in [-0.2, -0.15) is 0 Å². The third-order valence-electron chi connectivity index (χ3n) is 2.06. The number of aromatic nitrogens is 2. The summed E-state index contributed by atoms with van der Waals surface area (Å²) in [4.78, 5) is 8.53. The molecule has 0 unspecified atom stereocenters. The molecule has 3 nitrogen and oxygen atoms in total. The Morgan fingerprint density at radius 3 is 2.87 bits per heavy atom. The molecule has 0 aromatic carbocycles. The fraction of sp³-hybridized carbons (Fsp3) is 0.273. The Morgan fingerprint density at radius 2 is 2.13 bits per heavy atom. The predicted molar refractivity (Wildman–Crippen MR) is 61.9 cm³/mol. The normalized spacial score (nSPS) is 10.5. The molecule has 15 heavy (non-hydrogen) atoms. The Morgan fingerprint density at radius 1 is 1.33 bits per heavy atom. The van der Waals surface area contributed by atoms with Crippen LogP contribution in [-0.2, 0) is 13.0 Å². The highest BCUT2D eigenvalue weighted by molar-refractivity contribution is 7.09. The summed E-state index contributed by atoms with van der Waals surface area (Å²) < 4.78 is 0. The molecule has 0 aliphatic carbocycles. The number of thiazole rings is 1. The molecule has 0 aliphatic heterocycles. The van der Waals surface area contributed by atoms with Gasteiger partial charge in [0, 0.05) is 30.7 Å². The van der Waals surface area contributed by atoms with Crippen molar-refractivity contribution in [1.29, 1.82) is 0 Å². The van der Waals surface area contributed by atoms with Crippen LogP contribution in [0.3, 0.4) is 0 Å². The molecule has 0 fully saturated rings. The van der Waals surface area contributed by atoms with Crippen molar-refractivity contribution in [3.05, 3.63) is 46.2 Å². The first-order valence-electron chi connectivity index (χ1n) is 4.85. The lowest BCUT2D eigenvalue weighted by Gasteiger charge is -1.96. The molecule has 0 amide bonds. The van der Waals surface area contributed by atoms with Crippen molar-refractivity contribution >= 4 is 11.3 Å². The van der Waals surface area contributed by atoms with Crippen molar-refractivity contribution in [1.82, 2.24) is 15.3 Å². The molecule has 0 aliphatic rings. The third-order valence-corrected chi connectivity index (χ3v) is 2.96. The SMILES string of the molecule is CNCc1csc(Cc2ccncc2)n1. The maximum Gasteiger partial charge on any atom is 0.0972 e. The van der Waals surface area contributed by atoms with Crippen LogP contribution in [0.15, 0.2) is 29.9 Å². The van der Waals surface area contributed by atoms with Gasteiger partial charge in [0.1, 0.15) is 0 Å². The zero-order chi connectivity index (χ0) is 10.5. The molecule has 2 aromatic heterocycles. The Bertz CT molecular complexity index is 411. The van der Waals surface area contributed by atoms with Crippen LogP contribution >= 0.6 is 11.3 Å². The maximum absolute atomic E-state index is 4.53. The van der Waals surface area contributed by atoms with Crippen LogP contribution in [0.25, 0.3) is 0 Å². The van der Waals surface area contributed by atoms with Crippen molar-refractivity contribution in [3.63, 3.8) is 0 Å². The number of hydrogen-bond acceptors (Lipinski definition) is 4. The second kappa shape index (κ2) is 5.00. The van der Waals surface area contributed by atoms with Gasteiger partial charge in [-0.1, -0.05) is 0 Å². The number of nitrogens with zero attached hydrogens (tertiary/aromatic N) is 2. The predicted octanol–water partition coefficient (Wildman–Crippen LogP) is 1.85. The molecule has 0 bridgehead atoms. The largest absolute Gasteiger partial charge is 0.314 e. The summed E-state index contributed by atoms with van der Waals surface area (Å²) in [5, 5.41) is 6.36. The summed E-state index contributed by atoms with van der Waals surface area (Å²) in [5.74, 6) is 0. The van der Waals surface area contributed by atoms with E-state index in [1.807, 2.05) is 31.6 Å². The second-order valence-electron chi connectivity index (χ2n) is 3.30. The maximum atomic E-state index is 4.53. The summed E-state index contributed by atoms with van der Waals surface area (Å²) >= 11 is 1.71. The summed E-state index contributed by atoms with van der Waals surface area (Å²) in [7, 11) is 1.93. The van der Waals surface area contributed by atoms with Gasteiger partial charge in [-0.05, 0) is 24.7 Å². The van der Waals surface area contributed by atoms with Crippen LogP contribution in [0.5, 0.6) is 0 Å². The van der Waals surface area contributed by atoms with E-state index in [9.17, 15) is 0 Å². The van der Waals surface area contributed by atoms with E-state index in [-0.39, 0.29) is 0 Å². The number of rotatable bonds is 4. The second-order valence-corrected chi connectivity index (χ2v) is 4.24. The molecular formula is C11H13N3S. The van der Waals surface area contributed by atoms with Gasteiger partial charge in [-0.15, -0.1) is 11.3 Å². The lowest BCUT2D eigenvalue weighted by molar-refractivity contribution is 0.793. The van der Waals surface area contributed by atoms with E-state index in [2.05, 4.69) is 20.7 Å². The summed E-state index contributed by atoms with van der Waals surface area (Å²) in [6, 6.07) is 4.05. The van der Waals surface area contributed by atoms with E-state index < -0.39 is 0 Å². The van der Waals surface area contributed by atoms with Gasteiger partial charge in [0.2, 0.25) is 0 Å². The topological polar surface area (TPSA) is 37.8 Å². The van der Waals surface area contributed by atoms with Crippen molar-refractivity contribution < 1.29 is 0 Å². The van der Waals surface area contributed by atoms with Gasteiger partial charge >= 0.3 is 0 Å². The first kappa shape index (κ1) is 10.3. The van der Waals surface area contributed by atoms with Gasteiger partial charge < -0.3 is 5.32 Å². The van der Waals surface area contributed by atoms with Crippen molar-refractivity contribution in [2.24, 2.45) is 0 Å². The van der Waals surface area contributed by atoms with Gasteiger partial charge in [0.05, 0.1) is 10.7 Å². The molecule has 2 aromatic rings. The Hall–Kier alpha value is -1.26. The highest BCUT2D eigenvalue weighted by Gasteiger charge is 2.02. The smallest absolute Gasteiger partial charge is 0.0972 e. The van der Waals surface area contributed by atoms with Crippen molar-refractivity contribution in [2.75, 3.05) is 7.05 Å². The Labute approximate surface area is 93.2 Å². The van der Waals surface area contributed by atoms with Crippen LogP contribution in [0.4, 0.5) is 0 Å². The highest BCUT2D eigenvalue weighted by Crippen LogP contribution is 2.14. The Kier molecular flexibility index (Phi) is 3.42. The molecule has 0 radical (unpaired) electrons. The van der Waals surface area contributed by atoms with Crippen molar-refractivity contribution in [2.45, 2.75) is 13.0 Å². The van der Waals surface area contributed by atoms with E-state index in [1.54, 1.807) is 11.3 Å². The molecule has 4 heteroatoms. The van der Waals surface area contributed by atoms with E-state index in [0.717, 1.165) is 23.7 Å². The molecule has 1 N–H and O–H groups in total. The minimum atomic E-state index is 0.840. The molecule has 0 saturated heterocycles. The molecule has 0 saturated carbocycles. The molecular weight excluding hydrogens is 206 g/mol. The van der Waals surface area contributed by atoms with E-state index in [4.69, 9.17) is 0 Å².